The van der Waals surface area contributed by atoms with E-state index in [1.54, 1.807) is 11.3 Å². The van der Waals surface area contributed by atoms with Crippen LogP contribution in [0.4, 0.5) is 0 Å². The third-order valence-corrected chi connectivity index (χ3v) is 5.76. The molecule has 0 bridgehead atoms. The molecule has 0 saturated heterocycles. The highest BCUT2D eigenvalue weighted by molar-refractivity contribution is 7.14. The fourth-order valence-electron chi connectivity index (χ4n) is 3.29. The van der Waals surface area contributed by atoms with Gasteiger partial charge in [-0.3, -0.25) is 4.79 Å². The van der Waals surface area contributed by atoms with Gasteiger partial charge >= 0.3 is 0 Å². The van der Waals surface area contributed by atoms with Gasteiger partial charge in [0.05, 0.1) is 10.9 Å². The summed E-state index contributed by atoms with van der Waals surface area (Å²) in [6, 6.07) is 12.4. The van der Waals surface area contributed by atoms with Crippen molar-refractivity contribution in [1.82, 2.24) is 10.2 Å². The second kappa shape index (κ2) is 7.95. The average molecular weight is 343 g/mol. The molecule has 1 amide bonds. The number of nitrogens with zero attached hydrogens (tertiary/aromatic N) is 1. The lowest BCUT2D eigenvalue weighted by atomic mass is 10.1. The molecule has 1 heterocycles. The zero-order valence-electron chi connectivity index (χ0n) is 14.5. The summed E-state index contributed by atoms with van der Waals surface area (Å²) in [6.45, 7) is 0.793. The van der Waals surface area contributed by atoms with Crippen LogP contribution in [-0.4, -0.2) is 31.4 Å². The molecule has 1 aliphatic carbocycles. The molecular weight excluding hydrogens is 316 g/mol. The van der Waals surface area contributed by atoms with Crippen LogP contribution < -0.4 is 5.32 Å². The second-order valence-electron chi connectivity index (χ2n) is 6.82. The van der Waals surface area contributed by atoms with Gasteiger partial charge in [0, 0.05) is 11.4 Å². The van der Waals surface area contributed by atoms with Gasteiger partial charge in [0.25, 0.3) is 5.91 Å². The summed E-state index contributed by atoms with van der Waals surface area (Å²) in [5.74, 6) is 0.0591. The van der Waals surface area contributed by atoms with Crippen LogP contribution in [-0.2, 0) is 12.8 Å². The number of likely N-dealkylation sites (N-methyl/N-ethyl adjacent to an activating group) is 1. The normalized spacial score (nSPS) is 15.6. The minimum Gasteiger partial charge on any atom is -0.343 e. The van der Waals surface area contributed by atoms with Crippen LogP contribution in [0.25, 0.3) is 0 Å². The van der Waals surface area contributed by atoms with Crippen LogP contribution in [0, 0.1) is 0 Å². The Bertz CT molecular complexity index is 655. The molecule has 2 aromatic rings. The first-order valence-electron chi connectivity index (χ1n) is 8.75. The molecule has 1 aromatic carbocycles. The summed E-state index contributed by atoms with van der Waals surface area (Å²) in [4.78, 5) is 17.2. The molecule has 24 heavy (non-hydrogen) atoms. The summed E-state index contributed by atoms with van der Waals surface area (Å²) in [5.41, 5.74) is 2.55. The predicted molar refractivity (Wildman–Crippen MR) is 101 cm³/mol. The van der Waals surface area contributed by atoms with Gasteiger partial charge in [-0.05, 0) is 57.0 Å². The van der Waals surface area contributed by atoms with Crippen molar-refractivity contribution in [3.8, 4) is 0 Å². The van der Waals surface area contributed by atoms with E-state index >= 15 is 0 Å². The Morgan fingerprint density at radius 3 is 2.67 bits per heavy atom. The number of benzene rings is 1. The standard InChI is InChI=1S/C20H26N2OS/c1-22(2)14-17(15-9-5-3-6-10-15)21-20(23)19-13-16-11-7-4-8-12-18(16)24-19/h3,5-6,9-10,13,17H,4,7-8,11-12,14H2,1-2H3,(H,21,23)/t17-/m0/s1. The Kier molecular flexibility index (Phi) is 5.69. The molecule has 1 N–H and O–H groups in total. The third-order valence-electron chi connectivity index (χ3n) is 4.53. The van der Waals surface area contributed by atoms with Crippen molar-refractivity contribution in [1.29, 1.82) is 0 Å². The summed E-state index contributed by atoms with van der Waals surface area (Å²) >= 11 is 1.69. The topological polar surface area (TPSA) is 32.3 Å². The van der Waals surface area contributed by atoms with Gasteiger partial charge in [-0.2, -0.15) is 0 Å². The van der Waals surface area contributed by atoms with Crippen molar-refractivity contribution in [3.63, 3.8) is 0 Å². The van der Waals surface area contributed by atoms with Crippen LogP contribution in [0.2, 0.25) is 0 Å². The summed E-state index contributed by atoms with van der Waals surface area (Å²) in [6.07, 6.45) is 6.06. The molecule has 0 spiro atoms. The van der Waals surface area contributed by atoms with Crippen molar-refractivity contribution in [2.45, 2.75) is 38.1 Å². The maximum atomic E-state index is 12.8. The number of aryl methyl sites for hydroxylation is 2. The lowest BCUT2D eigenvalue weighted by Gasteiger charge is -2.22. The molecule has 1 atom stereocenters. The number of carbonyl (C=O) groups is 1. The number of hydrogen-bond acceptors (Lipinski definition) is 3. The number of rotatable bonds is 5. The molecule has 0 fully saturated rings. The molecule has 0 saturated carbocycles. The quantitative estimate of drug-likeness (QED) is 0.832. The van der Waals surface area contributed by atoms with Crippen molar-refractivity contribution in [2.75, 3.05) is 20.6 Å². The van der Waals surface area contributed by atoms with E-state index in [-0.39, 0.29) is 11.9 Å². The van der Waals surface area contributed by atoms with E-state index in [9.17, 15) is 4.79 Å². The number of thiophene rings is 1. The van der Waals surface area contributed by atoms with Gasteiger partial charge in [0.15, 0.2) is 0 Å². The third kappa shape index (κ3) is 4.25. The molecule has 0 aliphatic heterocycles. The summed E-state index contributed by atoms with van der Waals surface area (Å²) in [5, 5.41) is 3.24. The van der Waals surface area contributed by atoms with E-state index in [0.29, 0.717) is 0 Å². The Labute approximate surface area is 148 Å². The highest BCUT2D eigenvalue weighted by Crippen LogP contribution is 2.29. The van der Waals surface area contributed by atoms with E-state index in [1.807, 2.05) is 32.3 Å². The SMILES string of the molecule is CN(C)C[C@H](NC(=O)c1cc2c(s1)CCCCC2)c1ccccc1. The minimum absolute atomic E-state index is 0.00982. The van der Waals surface area contributed by atoms with Crippen LogP contribution >= 0.6 is 11.3 Å². The average Bonchev–Trinajstić information content (AvgIpc) is 2.86. The maximum Gasteiger partial charge on any atom is 0.261 e. The van der Waals surface area contributed by atoms with E-state index < -0.39 is 0 Å². The minimum atomic E-state index is 0.00982. The van der Waals surface area contributed by atoms with Gasteiger partial charge < -0.3 is 10.2 Å². The summed E-state index contributed by atoms with van der Waals surface area (Å²) < 4.78 is 0. The van der Waals surface area contributed by atoms with E-state index in [0.717, 1.165) is 29.8 Å². The molecule has 0 unspecified atom stereocenters. The van der Waals surface area contributed by atoms with Crippen molar-refractivity contribution in [2.24, 2.45) is 0 Å². The van der Waals surface area contributed by atoms with Gasteiger partial charge in [0.1, 0.15) is 0 Å². The van der Waals surface area contributed by atoms with Crippen LogP contribution in [0.15, 0.2) is 36.4 Å². The monoisotopic (exact) mass is 342 g/mol. The van der Waals surface area contributed by atoms with Gasteiger partial charge in [-0.25, -0.2) is 0 Å². The second-order valence-corrected chi connectivity index (χ2v) is 7.96. The highest BCUT2D eigenvalue weighted by Gasteiger charge is 2.20. The fourth-order valence-corrected chi connectivity index (χ4v) is 4.45. The zero-order chi connectivity index (χ0) is 16.9. The smallest absolute Gasteiger partial charge is 0.261 e. The number of nitrogens with one attached hydrogen (secondary N) is 1. The molecular formula is C20H26N2OS. The maximum absolute atomic E-state index is 12.8. The molecule has 3 rings (SSSR count). The largest absolute Gasteiger partial charge is 0.343 e. The lowest BCUT2D eigenvalue weighted by molar-refractivity contribution is 0.0934. The first-order valence-corrected chi connectivity index (χ1v) is 9.57. The molecule has 128 valence electrons. The Morgan fingerprint density at radius 1 is 1.17 bits per heavy atom. The molecule has 1 aliphatic rings. The fraction of sp³-hybridized carbons (Fsp3) is 0.450. The Morgan fingerprint density at radius 2 is 1.92 bits per heavy atom. The Hall–Kier alpha value is -1.65. The number of carbonyl (C=O) groups excluding carboxylic acids is 1. The molecule has 1 aromatic heterocycles. The first-order chi connectivity index (χ1) is 11.6. The van der Waals surface area contributed by atoms with Crippen LogP contribution in [0.1, 0.15) is 51.0 Å². The first kappa shape index (κ1) is 17.2. The van der Waals surface area contributed by atoms with Gasteiger partial charge in [-0.1, -0.05) is 36.8 Å². The molecule has 0 radical (unpaired) electrons. The van der Waals surface area contributed by atoms with Gasteiger partial charge in [-0.15, -0.1) is 11.3 Å². The Balaban J connectivity index is 1.76. The van der Waals surface area contributed by atoms with E-state index in [2.05, 4.69) is 28.4 Å². The highest BCUT2D eigenvalue weighted by atomic mass is 32.1. The zero-order valence-corrected chi connectivity index (χ0v) is 15.4. The number of hydrogen-bond donors (Lipinski definition) is 1. The number of amides is 1. The van der Waals surface area contributed by atoms with Crippen molar-refractivity contribution in [3.05, 3.63) is 57.3 Å². The molecule has 3 nitrogen and oxygen atoms in total. The van der Waals surface area contributed by atoms with Crippen molar-refractivity contribution >= 4 is 17.2 Å². The number of fused-ring (bicyclic) bond motifs is 1. The van der Waals surface area contributed by atoms with Crippen molar-refractivity contribution < 1.29 is 4.79 Å². The van der Waals surface area contributed by atoms with Crippen LogP contribution in [0.3, 0.4) is 0 Å². The van der Waals surface area contributed by atoms with Gasteiger partial charge in [0.2, 0.25) is 0 Å². The lowest BCUT2D eigenvalue weighted by Crippen LogP contribution is -2.35. The molecule has 4 heteroatoms. The summed E-state index contributed by atoms with van der Waals surface area (Å²) in [7, 11) is 4.07. The van der Waals surface area contributed by atoms with E-state index in [1.165, 1.54) is 29.7 Å². The predicted octanol–water partition coefficient (Wildman–Crippen LogP) is 4.05. The van der Waals surface area contributed by atoms with Crippen LogP contribution in [0.5, 0.6) is 0 Å². The van der Waals surface area contributed by atoms with E-state index in [4.69, 9.17) is 0 Å².